The number of aromatic nitrogens is 3. The molecule has 3 heterocycles. The normalized spacial score (nSPS) is 19.8. The van der Waals surface area contributed by atoms with Crippen molar-refractivity contribution < 1.29 is 9.18 Å². The number of nitrogens with zero attached hydrogens (tertiary/aromatic N) is 4. The van der Waals surface area contributed by atoms with E-state index < -0.39 is 0 Å². The molecule has 7 heteroatoms. The molecule has 1 aliphatic carbocycles. The topological polar surface area (TPSA) is 62.5 Å². The summed E-state index contributed by atoms with van der Waals surface area (Å²) in [6.07, 6.45) is 6.77. The van der Waals surface area contributed by atoms with Crippen molar-refractivity contribution in [2.75, 3.05) is 11.4 Å². The number of anilines is 1. The Morgan fingerprint density at radius 2 is 2.04 bits per heavy atom. The Bertz CT molecular complexity index is 1030. The molecule has 0 spiro atoms. The summed E-state index contributed by atoms with van der Waals surface area (Å²) in [5.41, 5.74) is 2.04. The molecule has 3 aromatic rings. The monoisotopic (exact) mass is 379 g/mol. The van der Waals surface area contributed by atoms with Crippen molar-refractivity contribution in [2.24, 2.45) is 0 Å². The van der Waals surface area contributed by atoms with Crippen molar-refractivity contribution in [3.63, 3.8) is 0 Å². The standard InChI is InChI=1S/C21H22FN5O/c22-15-5-1-4-14(12-15)17-8-3-11-26(17)20-10-9-19-23-13-18(27(19)25-20)21(28)24-16-6-2-7-16/h1,4-5,9-10,12-13,16-17H,2-3,6-8,11H2,(H,24,28). The van der Waals surface area contributed by atoms with E-state index in [0.717, 1.165) is 50.0 Å². The van der Waals surface area contributed by atoms with Crippen molar-refractivity contribution in [2.45, 2.75) is 44.2 Å². The maximum Gasteiger partial charge on any atom is 0.271 e. The van der Waals surface area contributed by atoms with Gasteiger partial charge in [-0.25, -0.2) is 13.9 Å². The second-order valence-corrected chi connectivity index (χ2v) is 7.61. The van der Waals surface area contributed by atoms with Crippen LogP contribution < -0.4 is 10.2 Å². The molecule has 28 heavy (non-hydrogen) atoms. The van der Waals surface area contributed by atoms with E-state index in [2.05, 4.69) is 15.2 Å². The summed E-state index contributed by atoms with van der Waals surface area (Å²) in [4.78, 5) is 19.1. The number of halogens is 1. The van der Waals surface area contributed by atoms with Gasteiger partial charge in [0, 0.05) is 12.6 Å². The van der Waals surface area contributed by atoms with Gasteiger partial charge in [0.05, 0.1) is 12.2 Å². The molecule has 6 nitrogen and oxygen atoms in total. The Labute approximate surface area is 162 Å². The van der Waals surface area contributed by atoms with E-state index in [-0.39, 0.29) is 23.8 Å². The molecule has 1 aromatic carbocycles. The van der Waals surface area contributed by atoms with Crippen LogP contribution in [0.15, 0.2) is 42.6 Å². The molecule has 0 radical (unpaired) electrons. The molecule has 2 aromatic heterocycles. The van der Waals surface area contributed by atoms with E-state index >= 15 is 0 Å². The van der Waals surface area contributed by atoms with Gasteiger partial charge in [-0.05, 0) is 61.9 Å². The number of hydrogen-bond acceptors (Lipinski definition) is 4. The van der Waals surface area contributed by atoms with Gasteiger partial charge in [0.25, 0.3) is 5.91 Å². The van der Waals surface area contributed by atoms with Gasteiger partial charge in [-0.1, -0.05) is 12.1 Å². The van der Waals surface area contributed by atoms with Gasteiger partial charge < -0.3 is 10.2 Å². The van der Waals surface area contributed by atoms with Crippen molar-refractivity contribution in [1.82, 2.24) is 19.9 Å². The molecule has 1 saturated heterocycles. The molecule has 144 valence electrons. The van der Waals surface area contributed by atoms with E-state index in [1.165, 1.54) is 6.07 Å². The number of imidazole rings is 1. The molecule has 2 aliphatic rings. The predicted octanol–water partition coefficient (Wildman–Crippen LogP) is 3.49. The van der Waals surface area contributed by atoms with Gasteiger partial charge >= 0.3 is 0 Å². The van der Waals surface area contributed by atoms with Gasteiger partial charge in [-0.15, -0.1) is 5.10 Å². The zero-order valence-corrected chi connectivity index (χ0v) is 15.5. The van der Waals surface area contributed by atoms with Gasteiger partial charge in [-0.3, -0.25) is 4.79 Å². The highest BCUT2D eigenvalue weighted by Gasteiger charge is 2.28. The van der Waals surface area contributed by atoms with Crippen LogP contribution in [0, 0.1) is 5.82 Å². The number of fused-ring (bicyclic) bond motifs is 1. The van der Waals surface area contributed by atoms with Crippen LogP contribution in [0.2, 0.25) is 0 Å². The lowest BCUT2D eigenvalue weighted by Gasteiger charge is -2.27. The van der Waals surface area contributed by atoms with Crippen LogP contribution in [0.3, 0.4) is 0 Å². The zero-order chi connectivity index (χ0) is 19.1. The Balaban J connectivity index is 1.46. The number of nitrogens with one attached hydrogen (secondary N) is 1. The number of benzene rings is 1. The number of rotatable bonds is 4. The minimum Gasteiger partial charge on any atom is -0.348 e. The van der Waals surface area contributed by atoms with Gasteiger partial charge in [-0.2, -0.15) is 0 Å². The maximum absolute atomic E-state index is 13.7. The third-order valence-electron chi connectivity index (χ3n) is 5.80. The quantitative estimate of drug-likeness (QED) is 0.754. The Hall–Kier alpha value is -2.96. The second kappa shape index (κ2) is 6.89. The van der Waals surface area contributed by atoms with E-state index in [0.29, 0.717) is 11.3 Å². The summed E-state index contributed by atoms with van der Waals surface area (Å²) in [5.74, 6) is 0.414. The molecule has 1 aliphatic heterocycles. The molecule has 0 bridgehead atoms. The molecule has 2 fully saturated rings. The SMILES string of the molecule is O=C(NC1CCC1)c1cnc2ccc(N3CCCC3c3cccc(F)c3)nn12. The van der Waals surface area contributed by atoms with Crippen LogP contribution >= 0.6 is 0 Å². The summed E-state index contributed by atoms with van der Waals surface area (Å²) in [5, 5.41) is 7.76. The van der Waals surface area contributed by atoms with E-state index in [4.69, 9.17) is 5.10 Å². The van der Waals surface area contributed by atoms with Crippen molar-refractivity contribution in [3.8, 4) is 0 Å². The lowest BCUT2D eigenvalue weighted by molar-refractivity contribution is 0.0910. The number of amides is 1. The molecule has 1 saturated carbocycles. The molecular weight excluding hydrogens is 357 g/mol. The maximum atomic E-state index is 13.7. The second-order valence-electron chi connectivity index (χ2n) is 7.61. The molecular formula is C21H22FN5O. The zero-order valence-electron chi connectivity index (χ0n) is 15.5. The van der Waals surface area contributed by atoms with Gasteiger partial charge in [0.1, 0.15) is 11.6 Å². The first kappa shape index (κ1) is 17.2. The van der Waals surface area contributed by atoms with Crippen LogP contribution in [-0.2, 0) is 0 Å². The predicted molar refractivity (Wildman–Crippen MR) is 104 cm³/mol. The summed E-state index contributed by atoms with van der Waals surface area (Å²) in [6, 6.07) is 10.9. The highest BCUT2D eigenvalue weighted by atomic mass is 19.1. The van der Waals surface area contributed by atoms with Crippen molar-refractivity contribution in [3.05, 3.63) is 59.7 Å². The highest BCUT2D eigenvalue weighted by molar-refractivity contribution is 5.93. The average molecular weight is 379 g/mol. The summed E-state index contributed by atoms with van der Waals surface area (Å²) in [6.45, 7) is 0.845. The first-order chi connectivity index (χ1) is 13.7. The molecule has 5 rings (SSSR count). The Morgan fingerprint density at radius 1 is 1.14 bits per heavy atom. The van der Waals surface area contributed by atoms with Crippen molar-refractivity contribution in [1.29, 1.82) is 0 Å². The molecule has 1 amide bonds. The Kier molecular flexibility index (Phi) is 4.22. The fraction of sp³-hybridized carbons (Fsp3) is 0.381. The van der Waals surface area contributed by atoms with Gasteiger partial charge in [0.15, 0.2) is 11.3 Å². The average Bonchev–Trinajstić information content (AvgIpc) is 3.31. The van der Waals surface area contributed by atoms with Crippen LogP contribution in [-0.4, -0.2) is 33.1 Å². The van der Waals surface area contributed by atoms with Gasteiger partial charge in [0.2, 0.25) is 0 Å². The van der Waals surface area contributed by atoms with E-state index in [1.54, 1.807) is 22.8 Å². The molecule has 1 unspecified atom stereocenters. The molecule has 1 N–H and O–H groups in total. The minimum atomic E-state index is -0.225. The number of carbonyl (C=O) groups excluding carboxylic acids is 1. The van der Waals surface area contributed by atoms with E-state index in [9.17, 15) is 9.18 Å². The summed E-state index contributed by atoms with van der Waals surface area (Å²) in [7, 11) is 0. The Morgan fingerprint density at radius 3 is 2.82 bits per heavy atom. The summed E-state index contributed by atoms with van der Waals surface area (Å²) >= 11 is 0. The number of carbonyl (C=O) groups is 1. The first-order valence-electron chi connectivity index (χ1n) is 9.87. The fourth-order valence-corrected chi connectivity index (χ4v) is 4.08. The van der Waals surface area contributed by atoms with E-state index in [1.807, 2.05) is 18.2 Å². The smallest absolute Gasteiger partial charge is 0.271 e. The lowest BCUT2D eigenvalue weighted by Crippen LogP contribution is -2.40. The van der Waals surface area contributed by atoms with Crippen LogP contribution in [0.25, 0.3) is 5.65 Å². The minimum absolute atomic E-state index is 0.0800. The van der Waals surface area contributed by atoms with Crippen LogP contribution in [0.1, 0.15) is 54.2 Å². The third-order valence-corrected chi connectivity index (χ3v) is 5.80. The third kappa shape index (κ3) is 3.00. The number of hydrogen-bond donors (Lipinski definition) is 1. The summed E-state index contributed by atoms with van der Waals surface area (Å²) < 4.78 is 15.3. The largest absolute Gasteiger partial charge is 0.348 e. The molecule has 1 atom stereocenters. The first-order valence-corrected chi connectivity index (χ1v) is 9.87. The highest BCUT2D eigenvalue weighted by Crippen LogP contribution is 2.35. The lowest BCUT2D eigenvalue weighted by atomic mass is 9.93. The van der Waals surface area contributed by atoms with Crippen LogP contribution in [0.5, 0.6) is 0 Å². The fourth-order valence-electron chi connectivity index (χ4n) is 4.08. The van der Waals surface area contributed by atoms with Crippen molar-refractivity contribution >= 4 is 17.4 Å². The van der Waals surface area contributed by atoms with Crippen LogP contribution in [0.4, 0.5) is 10.2 Å².